The molecule has 0 aromatic rings. The third kappa shape index (κ3) is 34.5. The fourth-order valence-electron chi connectivity index (χ4n) is 12.2. The van der Waals surface area contributed by atoms with Gasteiger partial charge in [-0.05, 0) is 159 Å². The standard InChI is InChI=1S/C11H20O2.2C10H19NO2.C10H18O2.C9H17NO2.C9H16O2.C8H15NO2.C8H14O2.CH4/c1-8(2)10(12)11(13)9-6-4-3-5-7-9;1-7(2)9(12)10(13)8-3-5-11-6-4-8;1-7(2)9(12)10(13)8-5-3-4-6-11-8;1-7(2)9(11)10(12)8-5-3-4-6-8;1-6(2)8(11)9(12)7-4-3-5-10-7;1-6(2)8(10)9(11)7-4-3-5-7;1-5(2)7(10)8(11)6-3-4-9-6;1-5(2)7(9)8(10)6-3-4-6;/h8-9,11,13H,3-7H2,1-2H3;2*7-8,10-11,13H,3-6H2,1-2H3;7-8,10,12H,3-6H2,1-2H3;6-7,9-10,12H,3-5H2,1-2H3;6-7,9,11H,3-5H2,1-2H3;5-6,8-9,11H,3-4H2,1-2H3;5-6,8,10H,3-4H2,1-2H3;1H4. The summed E-state index contributed by atoms with van der Waals surface area (Å²) in [6.45, 7) is 33.9. The van der Waals surface area contributed by atoms with Crippen LogP contribution in [-0.2, 0) is 38.4 Å². The van der Waals surface area contributed by atoms with Crippen molar-refractivity contribution in [2.75, 3.05) is 32.7 Å². The van der Waals surface area contributed by atoms with Crippen LogP contribution in [0.25, 0.3) is 0 Å². The molecule has 4 saturated heterocycles. The highest BCUT2D eigenvalue weighted by Gasteiger charge is 2.37. The van der Waals surface area contributed by atoms with E-state index in [0.29, 0.717) is 0 Å². The molecule has 4 saturated carbocycles. The maximum atomic E-state index is 11.5. The molecule has 4 aliphatic heterocycles. The third-order valence-electron chi connectivity index (χ3n) is 19.8. The summed E-state index contributed by atoms with van der Waals surface area (Å²) in [5.74, 6) is 0.769. The summed E-state index contributed by atoms with van der Waals surface area (Å²) in [6.07, 6.45) is 17.4. The average molecular weight is 1370 g/mol. The van der Waals surface area contributed by atoms with Gasteiger partial charge in [0.25, 0.3) is 0 Å². The topological polar surface area (TPSA) is 347 Å². The number of aliphatic hydroxyl groups is 8. The van der Waals surface area contributed by atoms with Gasteiger partial charge in [-0.3, -0.25) is 38.4 Å². The lowest BCUT2D eigenvalue weighted by molar-refractivity contribution is -0.135. The van der Waals surface area contributed by atoms with Gasteiger partial charge in [0, 0.05) is 65.5 Å². The van der Waals surface area contributed by atoms with Crippen molar-refractivity contribution < 1.29 is 79.2 Å². The fraction of sp³-hybridized carbons (Fsp3) is 0.895. The highest BCUT2D eigenvalue weighted by atomic mass is 16.3. The van der Waals surface area contributed by atoms with Crippen molar-refractivity contribution in [3.05, 3.63) is 0 Å². The molecular weight excluding hydrogens is 1220 g/mol. The van der Waals surface area contributed by atoms with Crippen molar-refractivity contribution >= 4 is 46.3 Å². The lowest BCUT2D eigenvalue weighted by atomic mass is 9.78. The molecule has 0 amide bonds. The first-order chi connectivity index (χ1) is 44.5. The second-order valence-electron chi connectivity index (χ2n) is 30.7. The fourth-order valence-corrected chi connectivity index (χ4v) is 12.2. The quantitative estimate of drug-likeness (QED) is 0.0431. The van der Waals surface area contributed by atoms with Crippen LogP contribution in [0.5, 0.6) is 0 Å². The molecule has 11 atom stereocenters. The Morgan fingerprint density at radius 2 is 0.438 bits per heavy atom. The van der Waals surface area contributed by atoms with Crippen molar-refractivity contribution in [1.82, 2.24) is 21.3 Å². The number of ketones is 8. The number of aliphatic hydroxyl groups excluding tert-OH is 8. The zero-order chi connectivity index (χ0) is 72.4. The van der Waals surface area contributed by atoms with E-state index in [2.05, 4.69) is 21.3 Å². The molecule has 4 heterocycles. The van der Waals surface area contributed by atoms with E-state index in [-0.39, 0.29) is 149 Å². The van der Waals surface area contributed by atoms with Gasteiger partial charge in [0.15, 0.2) is 46.3 Å². The third-order valence-corrected chi connectivity index (χ3v) is 19.8. The van der Waals surface area contributed by atoms with Crippen molar-refractivity contribution in [2.45, 2.75) is 326 Å². The van der Waals surface area contributed by atoms with Gasteiger partial charge >= 0.3 is 0 Å². The van der Waals surface area contributed by atoms with Crippen LogP contribution in [0.15, 0.2) is 0 Å². The van der Waals surface area contributed by atoms with Crippen LogP contribution in [0.1, 0.15) is 259 Å². The monoisotopic (exact) mass is 1370 g/mol. The molecule has 20 heteroatoms. The van der Waals surface area contributed by atoms with E-state index in [1.165, 1.54) is 38.5 Å². The maximum Gasteiger partial charge on any atom is 0.165 e. The number of Topliss-reactive ketones (excluding diaryl/α,β-unsaturated/α-hetero) is 8. The first kappa shape index (κ1) is 92.9. The van der Waals surface area contributed by atoms with Gasteiger partial charge in [-0.15, -0.1) is 0 Å². The molecule has 8 aliphatic rings. The van der Waals surface area contributed by atoms with Crippen LogP contribution in [0, 0.1) is 76.9 Å². The van der Waals surface area contributed by atoms with Crippen LogP contribution in [0.2, 0.25) is 0 Å². The van der Waals surface area contributed by atoms with E-state index in [0.717, 1.165) is 135 Å². The van der Waals surface area contributed by atoms with Crippen LogP contribution >= 0.6 is 0 Å². The Labute approximate surface area is 580 Å². The molecule has 0 radical (unpaired) electrons. The smallest absolute Gasteiger partial charge is 0.165 e. The Balaban J connectivity index is 0.00000107. The predicted octanol–water partition coefficient (Wildman–Crippen LogP) is 8.45. The van der Waals surface area contributed by atoms with Gasteiger partial charge in [-0.1, -0.05) is 163 Å². The molecule has 96 heavy (non-hydrogen) atoms. The molecule has 11 unspecified atom stereocenters. The summed E-state index contributed by atoms with van der Waals surface area (Å²) in [5.41, 5.74) is 0. The van der Waals surface area contributed by atoms with Crippen molar-refractivity contribution in [2.24, 2.45) is 76.9 Å². The minimum absolute atomic E-state index is 0. The van der Waals surface area contributed by atoms with E-state index in [4.69, 9.17) is 0 Å². The molecular formula is C76H142N4O16. The highest BCUT2D eigenvalue weighted by Crippen LogP contribution is 2.34. The molecule has 0 aromatic heterocycles. The van der Waals surface area contributed by atoms with E-state index in [1.807, 2.05) is 111 Å². The summed E-state index contributed by atoms with van der Waals surface area (Å²) in [7, 11) is 0. The molecule has 12 N–H and O–H groups in total. The zero-order valence-electron chi connectivity index (χ0n) is 61.8. The Hall–Kier alpha value is -3.12. The van der Waals surface area contributed by atoms with Crippen molar-refractivity contribution in [1.29, 1.82) is 0 Å². The van der Waals surface area contributed by atoms with Crippen LogP contribution in [0.3, 0.4) is 0 Å². The van der Waals surface area contributed by atoms with Crippen LogP contribution < -0.4 is 21.3 Å². The van der Waals surface area contributed by atoms with E-state index < -0.39 is 48.8 Å². The minimum Gasteiger partial charge on any atom is -0.385 e. The zero-order valence-corrected chi connectivity index (χ0v) is 61.8. The minimum atomic E-state index is -0.805. The number of nitrogens with one attached hydrogen (secondary N) is 4. The van der Waals surface area contributed by atoms with Gasteiger partial charge in [0.2, 0.25) is 0 Å². The molecule has 562 valence electrons. The first-order valence-corrected chi connectivity index (χ1v) is 37.2. The number of hydrogen-bond acceptors (Lipinski definition) is 20. The number of carbonyl (C=O) groups excluding carboxylic acids is 8. The van der Waals surface area contributed by atoms with E-state index in [9.17, 15) is 79.2 Å². The SMILES string of the molecule is C.CC(C)C(=O)C(O)C1CC1.CC(C)C(=O)C(O)C1CCC1.CC(C)C(=O)C(O)C1CCCC1.CC(C)C(=O)C(O)C1CCCCC1.CC(C)C(=O)C(O)C1CCCCN1.CC(C)C(=O)C(O)C1CCCN1.CC(C)C(=O)C(O)C1CCN1.CC(C)C(=O)C(O)C1CCNCC1. The van der Waals surface area contributed by atoms with Crippen molar-refractivity contribution in [3.8, 4) is 0 Å². The van der Waals surface area contributed by atoms with E-state index >= 15 is 0 Å². The molecule has 4 aliphatic carbocycles. The molecule has 0 spiro atoms. The normalized spacial score (nSPS) is 23.1. The lowest BCUT2D eigenvalue weighted by Crippen LogP contribution is -2.54. The van der Waals surface area contributed by atoms with Gasteiger partial charge in [-0.25, -0.2) is 0 Å². The average Bonchev–Trinajstić information content (AvgIpc) is 1.71. The number of hydrogen-bond donors (Lipinski definition) is 12. The molecule has 0 aromatic carbocycles. The maximum absolute atomic E-state index is 11.5. The Kier molecular flexibility index (Phi) is 47.8. The summed E-state index contributed by atoms with van der Waals surface area (Å²) < 4.78 is 0. The van der Waals surface area contributed by atoms with Gasteiger partial charge in [0.05, 0.1) is 0 Å². The van der Waals surface area contributed by atoms with Gasteiger partial charge in [0.1, 0.15) is 48.8 Å². The Morgan fingerprint density at radius 3 is 0.656 bits per heavy atom. The molecule has 20 nitrogen and oxygen atoms in total. The summed E-state index contributed by atoms with van der Waals surface area (Å²) in [5, 5.41) is 89.1. The number of rotatable bonds is 24. The molecule has 8 fully saturated rings. The van der Waals surface area contributed by atoms with Crippen LogP contribution in [0.4, 0.5) is 0 Å². The largest absolute Gasteiger partial charge is 0.385 e. The Morgan fingerprint density at radius 1 is 0.229 bits per heavy atom. The molecule has 0 bridgehead atoms. The van der Waals surface area contributed by atoms with Crippen molar-refractivity contribution in [3.63, 3.8) is 0 Å². The summed E-state index contributed by atoms with van der Waals surface area (Å²) in [4.78, 5) is 90.6. The predicted molar refractivity (Wildman–Crippen MR) is 381 cm³/mol. The summed E-state index contributed by atoms with van der Waals surface area (Å²) >= 11 is 0. The highest BCUT2D eigenvalue weighted by molar-refractivity contribution is 5.88. The first-order valence-electron chi connectivity index (χ1n) is 37.2. The summed E-state index contributed by atoms with van der Waals surface area (Å²) in [6, 6.07) is 0.00782. The number of carbonyl (C=O) groups is 8. The Bertz CT molecular complexity index is 2010. The second-order valence-corrected chi connectivity index (χ2v) is 30.7. The molecule has 8 rings (SSSR count). The van der Waals surface area contributed by atoms with Crippen LogP contribution in [-0.4, -0.2) is 187 Å². The number of piperidine rings is 2. The van der Waals surface area contributed by atoms with Gasteiger partial charge in [-0.2, -0.15) is 0 Å². The van der Waals surface area contributed by atoms with E-state index in [1.54, 1.807) is 0 Å². The lowest BCUT2D eigenvalue weighted by Gasteiger charge is -2.31. The second kappa shape index (κ2) is 49.4. The van der Waals surface area contributed by atoms with Gasteiger partial charge < -0.3 is 62.1 Å².